The lowest BCUT2D eigenvalue weighted by Gasteiger charge is -2.63. The highest BCUT2D eigenvalue weighted by atomic mass is 16.6. The van der Waals surface area contributed by atoms with Crippen molar-refractivity contribution in [3.8, 4) is 5.75 Å². The Kier molecular flexibility index (Phi) is 11.5. The van der Waals surface area contributed by atoms with Gasteiger partial charge in [-0.3, -0.25) is 29.4 Å². The number of fused-ring (bicyclic) bond motifs is 6. The lowest BCUT2D eigenvalue weighted by atomic mass is 9.47. The van der Waals surface area contributed by atoms with Gasteiger partial charge in [-0.2, -0.15) is 0 Å². The predicted octanol–water partition coefficient (Wildman–Crippen LogP) is 5.34. The number of rotatable bonds is 10. The van der Waals surface area contributed by atoms with Crippen LogP contribution in [0.4, 0.5) is 11.4 Å². The molecule has 4 aromatic rings. The Morgan fingerprint density at radius 1 is 0.943 bits per heavy atom. The van der Waals surface area contributed by atoms with Gasteiger partial charge in [-0.25, -0.2) is 4.79 Å². The number of amides is 1. The van der Waals surface area contributed by atoms with Crippen molar-refractivity contribution in [3.63, 3.8) is 0 Å². The molecule has 0 radical (unpaired) electrons. The van der Waals surface area contributed by atoms with Crippen LogP contribution < -0.4 is 15.0 Å². The largest absolute Gasteiger partial charge is 0.496 e. The summed E-state index contributed by atoms with van der Waals surface area (Å²) in [5.74, 6) is -2.21. The predicted molar refractivity (Wildman–Crippen MR) is 259 cm³/mol. The number of ether oxygens (including phenoxy) is 4. The highest BCUT2D eigenvalue weighted by Crippen LogP contribution is 2.68. The molecule has 3 fully saturated rings. The number of nitro groups is 1. The summed E-state index contributed by atoms with van der Waals surface area (Å²) in [6.45, 7) is 8.33. The third-order valence-electron chi connectivity index (χ3n) is 17.4. The Morgan fingerprint density at radius 3 is 2.36 bits per heavy atom. The number of aromatic nitrogens is 1. The lowest BCUT2D eigenvalue weighted by Crippen LogP contribution is -2.81. The van der Waals surface area contributed by atoms with Crippen LogP contribution in [0.25, 0.3) is 10.9 Å². The number of benzene rings is 3. The number of nitrogens with one attached hydrogen (secondary N) is 2. The molecule has 17 nitrogen and oxygen atoms in total. The molecule has 6 aliphatic rings. The summed E-state index contributed by atoms with van der Waals surface area (Å²) in [7, 11) is 6.05. The fourth-order valence-corrected chi connectivity index (χ4v) is 14.8. The van der Waals surface area contributed by atoms with E-state index in [2.05, 4.69) is 32.2 Å². The van der Waals surface area contributed by atoms with E-state index in [4.69, 9.17) is 18.9 Å². The van der Waals surface area contributed by atoms with Crippen molar-refractivity contribution in [2.24, 2.45) is 11.3 Å². The van der Waals surface area contributed by atoms with Crippen molar-refractivity contribution in [1.82, 2.24) is 20.1 Å². The van der Waals surface area contributed by atoms with E-state index < -0.39 is 62.4 Å². The van der Waals surface area contributed by atoms with E-state index in [0.29, 0.717) is 93.1 Å². The first-order valence-corrected chi connectivity index (χ1v) is 24.4. The van der Waals surface area contributed by atoms with E-state index in [1.165, 1.54) is 45.4 Å². The number of methoxy groups -OCH3 is 3. The first-order chi connectivity index (χ1) is 33.5. The number of hydrogen-bond donors (Lipinski definition) is 3. The van der Waals surface area contributed by atoms with Crippen LogP contribution in [0.5, 0.6) is 5.75 Å². The van der Waals surface area contributed by atoms with Crippen molar-refractivity contribution in [3.05, 3.63) is 111 Å². The number of esters is 3. The molecule has 1 amide bonds. The average Bonchev–Trinajstić information content (AvgIpc) is 4.03. The van der Waals surface area contributed by atoms with Crippen LogP contribution in [0.3, 0.4) is 0 Å². The molecule has 10 rings (SSSR count). The summed E-state index contributed by atoms with van der Waals surface area (Å²) in [4.78, 5) is 78.9. The number of carbonyl (C=O) groups excluding carboxylic acids is 4. The van der Waals surface area contributed by atoms with E-state index >= 15 is 4.79 Å². The zero-order valence-corrected chi connectivity index (χ0v) is 40.8. The van der Waals surface area contributed by atoms with Crippen LogP contribution in [0, 0.1) is 21.4 Å². The van der Waals surface area contributed by atoms with Crippen molar-refractivity contribution in [2.75, 3.05) is 66.0 Å². The van der Waals surface area contributed by atoms with Gasteiger partial charge in [0.1, 0.15) is 11.2 Å². The van der Waals surface area contributed by atoms with Crippen LogP contribution in [-0.2, 0) is 45.8 Å². The molecular formula is C53H62N6O11. The highest BCUT2D eigenvalue weighted by Gasteiger charge is 2.80. The zero-order valence-electron chi connectivity index (χ0n) is 40.8. The minimum Gasteiger partial charge on any atom is -0.496 e. The van der Waals surface area contributed by atoms with E-state index in [-0.39, 0.29) is 30.0 Å². The normalized spacial score (nSPS) is 32.8. The number of aromatic amines is 1. The van der Waals surface area contributed by atoms with Gasteiger partial charge in [0.25, 0.3) is 11.6 Å². The van der Waals surface area contributed by atoms with E-state index in [0.717, 1.165) is 22.0 Å². The van der Waals surface area contributed by atoms with Crippen molar-refractivity contribution >= 4 is 46.1 Å². The zero-order chi connectivity index (χ0) is 49.7. The Morgan fingerprint density at radius 2 is 1.69 bits per heavy atom. The smallest absolute Gasteiger partial charge is 0.344 e. The second-order valence-electron chi connectivity index (χ2n) is 20.5. The molecule has 1 spiro atoms. The van der Waals surface area contributed by atoms with Gasteiger partial charge in [-0.15, -0.1) is 0 Å². The Hall–Kier alpha value is -6.30. The Balaban J connectivity index is 1.20. The fraction of sp³-hybridized carbons (Fsp3) is 0.509. The minimum absolute atomic E-state index is 0.109. The van der Waals surface area contributed by atoms with Gasteiger partial charge in [0.05, 0.1) is 37.8 Å². The van der Waals surface area contributed by atoms with Gasteiger partial charge in [0.15, 0.2) is 6.10 Å². The summed E-state index contributed by atoms with van der Waals surface area (Å²) in [6, 6.07) is 16.3. The van der Waals surface area contributed by atoms with Crippen molar-refractivity contribution in [2.45, 2.75) is 99.5 Å². The molecule has 1 aliphatic carbocycles. The summed E-state index contributed by atoms with van der Waals surface area (Å²) in [5, 5.41) is 29.3. The highest BCUT2D eigenvalue weighted by molar-refractivity contribution is 5.96. The average molecular weight is 959 g/mol. The van der Waals surface area contributed by atoms with Crippen molar-refractivity contribution < 1.29 is 48.2 Å². The number of likely N-dealkylation sites (N-methyl/N-ethyl adjacent to an activating group) is 1. The second-order valence-corrected chi connectivity index (χ2v) is 20.5. The molecule has 70 heavy (non-hydrogen) atoms. The number of H-pyrrole nitrogens is 1. The van der Waals surface area contributed by atoms with Gasteiger partial charge < -0.3 is 44.2 Å². The molecule has 10 atom stereocenters. The molecule has 6 heterocycles. The Bertz CT molecular complexity index is 2850. The monoisotopic (exact) mass is 958 g/mol. The molecule has 2 bridgehead atoms. The van der Waals surface area contributed by atoms with Gasteiger partial charge in [0.2, 0.25) is 5.60 Å². The number of nitrogens with zero attached hydrogens (tertiary/aromatic N) is 4. The molecule has 1 aromatic heterocycles. The third-order valence-corrected chi connectivity index (χ3v) is 17.4. The van der Waals surface area contributed by atoms with Gasteiger partial charge in [0, 0.05) is 109 Å². The second kappa shape index (κ2) is 16.9. The number of hydrogen-bond acceptors (Lipinski definition) is 14. The summed E-state index contributed by atoms with van der Waals surface area (Å²) in [5.41, 5.74) is -1.90. The number of para-hydroxylation sites is 1. The summed E-state index contributed by atoms with van der Waals surface area (Å²) in [6.07, 6.45) is 5.55. The molecule has 5 aliphatic heterocycles. The maximum atomic E-state index is 15.7. The van der Waals surface area contributed by atoms with Crippen LogP contribution >= 0.6 is 0 Å². The number of non-ortho nitro benzene ring substituents is 1. The van der Waals surface area contributed by atoms with Crippen LogP contribution in [-0.4, -0.2) is 139 Å². The number of aliphatic hydroxyl groups is 1. The van der Waals surface area contributed by atoms with E-state index in [1.807, 2.05) is 62.2 Å². The first-order valence-electron chi connectivity index (χ1n) is 24.4. The van der Waals surface area contributed by atoms with Crippen LogP contribution in [0.1, 0.15) is 85.6 Å². The quantitative estimate of drug-likeness (QED) is 0.0604. The standard InChI is InChI=1S/C53H62N6O11/c1-8-49(55-43(61)33-15-17-34(18-16-33)59(65)66)27-32-28-52(47(62)68-6,42-36(19-23-57(29-32)30-49)35-13-10-11-14-39(35)54-42)38-25-37-40(26-41(38)67-5)56(4)45-51(37)21-24-58-22-12-20-50(9-2,44(51)58)46(70-31(3)60)53(45,64)48(63)69-7/h10-18,20,25-26,32,44-46,54,64H,8-9,19,21-24,27-30H2,1-7H3,(H,55,61)/t32-,44+,45-,46-,49+,50-,51-,52+,53+/m1/s1. The van der Waals surface area contributed by atoms with Crippen LogP contribution in [0.15, 0.2) is 72.8 Å². The fourth-order valence-electron chi connectivity index (χ4n) is 14.8. The number of carbonyl (C=O) groups is 4. The molecule has 1 saturated carbocycles. The molecule has 1 unspecified atom stereocenters. The molecule has 3 N–H and O–H groups in total. The van der Waals surface area contributed by atoms with E-state index in [9.17, 15) is 29.6 Å². The topological polar surface area (TPSA) is 206 Å². The molecular weight excluding hydrogens is 897 g/mol. The molecule has 3 aromatic carbocycles. The minimum atomic E-state index is -2.36. The number of anilines is 1. The van der Waals surface area contributed by atoms with E-state index in [1.54, 1.807) is 7.11 Å². The lowest BCUT2D eigenvalue weighted by molar-refractivity contribution is -0.384. The Labute approximate surface area is 406 Å². The third kappa shape index (κ3) is 6.52. The molecule has 370 valence electrons. The maximum Gasteiger partial charge on any atom is 0.344 e. The number of piperidine rings is 1. The van der Waals surface area contributed by atoms with Crippen molar-refractivity contribution in [1.29, 1.82) is 0 Å². The van der Waals surface area contributed by atoms with Gasteiger partial charge in [-0.05, 0) is 86.4 Å². The van der Waals surface area contributed by atoms with Crippen LogP contribution in [0.2, 0.25) is 0 Å². The number of nitro benzene ring substituents is 1. The summed E-state index contributed by atoms with van der Waals surface area (Å²) < 4.78 is 24.2. The maximum absolute atomic E-state index is 15.7. The molecule has 17 heteroatoms. The summed E-state index contributed by atoms with van der Waals surface area (Å²) >= 11 is 0. The first kappa shape index (κ1) is 47.4. The van der Waals surface area contributed by atoms with Gasteiger partial charge in [-0.1, -0.05) is 44.2 Å². The SMILES string of the molecule is CC[C@]1(NC(=O)c2ccc([N+](=O)[O-])cc2)C[C@H]2CN(CCc3c([nH]c4ccccc34)[C@@](C(=O)OC)(c3cc4c(cc3OC)N(C)[C@H]3[C@@](O)(C(=O)OC)[C@H](OC(C)=O)[C@]5(CC)C=CCN6CC[C@]43[C@@H]65)C2)C1. The molecule has 2 saturated heterocycles. The van der Waals surface area contributed by atoms with Gasteiger partial charge >= 0.3 is 17.9 Å².